The number of nitrogens with zero attached hydrogens (tertiary/aromatic N) is 1. The topological polar surface area (TPSA) is 123 Å². The normalized spacial score (nSPS) is 15.2. The Kier molecular flexibility index (Phi) is 8.11. The number of rotatable bonds is 6. The number of hydroxylamine groups is 2. The largest absolute Gasteiger partial charge is 0.459 e. The molecule has 0 aromatic carbocycles. The fourth-order valence-electron chi connectivity index (χ4n) is 1.07. The minimum atomic E-state index is -3.60. The molecule has 0 saturated heterocycles. The molecule has 1 aromatic rings. The van der Waals surface area contributed by atoms with Crippen molar-refractivity contribution in [3.05, 3.63) is 24.2 Å². The van der Waals surface area contributed by atoms with Gasteiger partial charge in [0.15, 0.2) is 5.76 Å². The average molecular weight is 301 g/mol. The summed E-state index contributed by atoms with van der Waals surface area (Å²) < 4.78 is 15.8. The van der Waals surface area contributed by atoms with E-state index in [0.29, 0.717) is 5.06 Å². The number of carbonyl (C=O) groups is 1. The van der Waals surface area contributed by atoms with Crippen LogP contribution in [0.3, 0.4) is 0 Å². The maximum atomic E-state index is 11.5. The van der Waals surface area contributed by atoms with E-state index >= 15 is 0 Å². The third kappa shape index (κ3) is 6.20. The van der Waals surface area contributed by atoms with E-state index in [9.17, 15) is 19.7 Å². The van der Waals surface area contributed by atoms with Crippen molar-refractivity contribution in [2.24, 2.45) is 0 Å². The van der Waals surface area contributed by atoms with E-state index in [-0.39, 0.29) is 48.5 Å². The van der Waals surface area contributed by atoms with E-state index in [1.54, 1.807) is 0 Å². The predicted octanol–water partition coefficient (Wildman–Crippen LogP) is -0.504. The summed E-state index contributed by atoms with van der Waals surface area (Å²) in [6.45, 7) is 0.480. The monoisotopic (exact) mass is 301 g/mol. The van der Waals surface area contributed by atoms with Crippen LogP contribution in [0.15, 0.2) is 22.8 Å². The Morgan fingerprint density at radius 3 is 2.74 bits per heavy atom. The Bertz CT molecular complexity index is 434. The Balaban J connectivity index is 0.00000324. The van der Waals surface area contributed by atoms with Gasteiger partial charge in [0.25, 0.3) is 0 Å². The molecule has 1 rings (SSSR count). The van der Waals surface area contributed by atoms with Crippen molar-refractivity contribution < 1.29 is 29.0 Å². The third-order valence-electron chi connectivity index (χ3n) is 2.11. The SMILES string of the molecule is CP(=O)(O)C(O)CNCN(O)C(=O)c1ccco1.[Na]. The second-order valence-electron chi connectivity index (χ2n) is 3.72. The van der Waals surface area contributed by atoms with Crippen LogP contribution < -0.4 is 5.32 Å². The number of hydrogen-bond donors (Lipinski definition) is 4. The molecule has 0 aliphatic heterocycles. The van der Waals surface area contributed by atoms with Gasteiger partial charge in [-0.3, -0.25) is 19.9 Å². The van der Waals surface area contributed by atoms with Gasteiger partial charge >= 0.3 is 5.91 Å². The van der Waals surface area contributed by atoms with Crippen LogP contribution >= 0.6 is 7.37 Å². The fourth-order valence-corrected chi connectivity index (χ4v) is 1.54. The molecule has 10 heteroatoms. The summed E-state index contributed by atoms with van der Waals surface area (Å²) in [5, 5.41) is 21.4. The molecule has 0 spiro atoms. The first-order valence-electron chi connectivity index (χ1n) is 5.05. The van der Waals surface area contributed by atoms with Gasteiger partial charge in [-0.1, -0.05) is 0 Å². The van der Waals surface area contributed by atoms with Crippen LogP contribution in [0.1, 0.15) is 10.6 Å². The van der Waals surface area contributed by atoms with E-state index in [2.05, 4.69) is 5.32 Å². The molecular formula is C9H15N2NaO6P. The summed E-state index contributed by atoms with van der Waals surface area (Å²) in [7, 11) is -3.60. The zero-order chi connectivity index (χ0) is 13.8. The molecule has 1 aromatic heterocycles. The first-order valence-corrected chi connectivity index (χ1v) is 7.23. The number of furan rings is 1. The van der Waals surface area contributed by atoms with Crippen molar-refractivity contribution >= 4 is 42.8 Å². The van der Waals surface area contributed by atoms with Crippen molar-refractivity contribution in [1.82, 2.24) is 10.4 Å². The first-order chi connectivity index (χ1) is 8.32. The van der Waals surface area contributed by atoms with Gasteiger partial charge in [0.2, 0.25) is 7.37 Å². The number of aliphatic hydroxyl groups excluding tert-OH is 1. The summed E-state index contributed by atoms with van der Waals surface area (Å²) in [4.78, 5) is 20.5. The van der Waals surface area contributed by atoms with Crippen LogP contribution in [-0.4, -0.2) is 81.5 Å². The number of aliphatic hydroxyl groups is 1. The molecule has 2 unspecified atom stereocenters. The molecule has 0 saturated carbocycles. The molecule has 103 valence electrons. The molecule has 1 radical (unpaired) electrons. The van der Waals surface area contributed by atoms with E-state index in [1.165, 1.54) is 18.4 Å². The second-order valence-corrected chi connectivity index (χ2v) is 6.20. The van der Waals surface area contributed by atoms with Crippen molar-refractivity contribution in [3.8, 4) is 0 Å². The molecule has 0 fully saturated rings. The van der Waals surface area contributed by atoms with Crippen molar-refractivity contribution in [2.45, 2.75) is 5.85 Å². The van der Waals surface area contributed by atoms with Crippen LogP contribution in [0.4, 0.5) is 0 Å². The summed E-state index contributed by atoms with van der Waals surface area (Å²) in [6.07, 6.45) is 1.29. The standard InChI is InChI=1S/C9H15N2O6P.Na/c1-18(15,16)8(12)5-10-6-11(14)9(13)7-3-2-4-17-7;/h2-4,8,10,12,14H,5-6H2,1H3,(H,15,16);. The van der Waals surface area contributed by atoms with E-state index in [4.69, 9.17) is 9.31 Å². The van der Waals surface area contributed by atoms with Crippen molar-refractivity contribution in [2.75, 3.05) is 19.9 Å². The fraction of sp³-hybridized carbons (Fsp3) is 0.444. The average Bonchev–Trinajstić information content (AvgIpc) is 2.79. The van der Waals surface area contributed by atoms with Gasteiger partial charge < -0.3 is 14.4 Å². The molecule has 1 amide bonds. The first kappa shape index (κ1) is 18.8. The maximum Gasteiger partial charge on any atom is 0.314 e. The van der Waals surface area contributed by atoms with Crippen LogP contribution in [-0.2, 0) is 4.57 Å². The Morgan fingerprint density at radius 2 is 2.26 bits per heavy atom. The number of carbonyl (C=O) groups excluding carboxylic acids is 1. The van der Waals surface area contributed by atoms with Crippen LogP contribution in [0.5, 0.6) is 0 Å². The third-order valence-corrected chi connectivity index (χ3v) is 3.40. The van der Waals surface area contributed by atoms with Gasteiger partial charge in [-0.05, 0) is 12.1 Å². The molecule has 8 nitrogen and oxygen atoms in total. The van der Waals surface area contributed by atoms with Gasteiger partial charge in [0, 0.05) is 42.8 Å². The number of amides is 1. The minimum absolute atomic E-state index is 0. The van der Waals surface area contributed by atoms with E-state index in [0.717, 1.165) is 6.66 Å². The van der Waals surface area contributed by atoms with Gasteiger partial charge in [-0.25, -0.2) is 5.06 Å². The van der Waals surface area contributed by atoms with Gasteiger partial charge in [-0.2, -0.15) is 0 Å². The Hall–Kier alpha value is -0.180. The van der Waals surface area contributed by atoms with Gasteiger partial charge in [0.05, 0.1) is 12.9 Å². The van der Waals surface area contributed by atoms with Crippen LogP contribution in [0.2, 0.25) is 0 Å². The quantitative estimate of drug-likeness (QED) is 0.183. The number of nitrogens with one attached hydrogen (secondary N) is 1. The van der Waals surface area contributed by atoms with Crippen molar-refractivity contribution in [3.63, 3.8) is 0 Å². The Labute approximate surface area is 132 Å². The zero-order valence-corrected chi connectivity index (χ0v) is 13.6. The second kappa shape index (κ2) is 8.18. The van der Waals surface area contributed by atoms with Crippen LogP contribution in [0.25, 0.3) is 0 Å². The Morgan fingerprint density at radius 1 is 1.63 bits per heavy atom. The van der Waals surface area contributed by atoms with E-state index < -0.39 is 19.1 Å². The smallest absolute Gasteiger partial charge is 0.314 e. The molecule has 2 atom stereocenters. The maximum absolute atomic E-state index is 11.5. The molecule has 0 bridgehead atoms. The molecular weight excluding hydrogens is 286 g/mol. The zero-order valence-electron chi connectivity index (χ0n) is 10.7. The van der Waals surface area contributed by atoms with Crippen molar-refractivity contribution in [1.29, 1.82) is 0 Å². The predicted molar refractivity (Wildman–Crippen MR) is 67.0 cm³/mol. The molecule has 1 heterocycles. The minimum Gasteiger partial charge on any atom is -0.459 e. The van der Waals surface area contributed by atoms with E-state index in [1.807, 2.05) is 0 Å². The van der Waals surface area contributed by atoms with Gasteiger partial charge in [0.1, 0.15) is 5.85 Å². The summed E-state index contributed by atoms with van der Waals surface area (Å²) in [5.74, 6) is -2.25. The summed E-state index contributed by atoms with van der Waals surface area (Å²) >= 11 is 0. The molecule has 0 aliphatic rings. The molecule has 4 N–H and O–H groups in total. The summed E-state index contributed by atoms with van der Waals surface area (Å²) in [5.41, 5.74) is 0. The summed E-state index contributed by atoms with van der Waals surface area (Å²) in [6, 6.07) is 2.88. The number of hydrogen-bond acceptors (Lipinski definition) is 6. The van der Waals surface area contributed by atoms with Gasteiger partial charge in [-0.15, -0.1) is 0 Å². The molecule has 19 heavy (non-hydrogen) atoms. The molecule has 0 aliphatic carbocycles. The van der Waals surface area contributed by atoms with Crippen LogP contribution in [0, 0.1) is 0 Å².